The molecule has 0 bridgehead atoms. The van der Waals surface area contributed by atoms with E-state index in [4.69, 9.17) is 4.55 Å². The van der Waals surface area contributed by atoms with E-state index in [0.29, 0.717) is 5.56 Å². The van der Waals surface area contributed by atoms with Gasteiger partial charge in [0.25, 0.3) is 10.1 Å². The summed E-state index contributed by atoms with van der Waals surface area (Å²) in [5.74, 6) is 0.124. The molecule has 0 aromatic heterocycles. The normalized spacial score (nSPS) is 17.3. The second-order valence-electron chi connectivity index (χ2n) is 5.06. The van der Waals surface area contributed by atoms with Gasteiger partial charge in [0.2, 0.25) is 0 Å². The Morgan fingerprint density at radius 1 is 1.16 bits per heavy atom. The van der Waals surface area contributed by atoms with Gasteiger partial charge in [0, 0.05) is 12.3 Å². The third kappa shape index (κ3) is 3.64. The first-order valence-corrected chi connectivity index (χ1v) is 8.00. The molecule has 0 aliphatic heterocycles. The van der Waals surface area contributed by atoms with Gasteiger partial charge in [-0.2, -0.15) is 8.42 Å². The highest BCUT2D eigenvalue weighted by Gasteiger charge is 2.23. The highest BCUT2D eigenvalue weighted by atomic mass is 32.2. The van der Waals surface area contributed by atoms with Crippen LogP contribution in [-0.4, -0.2) is 18.8 Å². The van der Waals surface area contributed by atoms with E-state index in [2.05, 4.69) is 0 Å². The molecular formula is C14H18O4S. The lowest BCUT2D eigenvalue weighted by molar-refractivity contribution is -0.123. The van der Waals surface area contributed by atoms with E-state index in [1.807, 2.05) is 0 Å². The van der Waals surface area contributed by atoms with Crippen LogP contribution in [0.5, 0.6) is 0 Å². The fourth-order valence-electron chi connectivity index (χ4n) is 2.66. The molecule has 1 saturated carbocycles. The monoisotopic (exact) mass is 282 g/mol. The molecule has 2 rings (SSSR count). The van der Waals surface area contributed by atoms with Crippen molar-refractivity contribution in [3.63, 3.8) is 0 Å². The van der Waals surface area contributed by atoms with Gasteiger partial charge in [-0.15, -0.1) is 0 Å². The number of carbonyl (C=O) groups excluding carboxylic acids is 1. The molecule has 1 aliphatic rings. The topological polar surface area (TPSA) is 71.4 Å². The van der Waals surface area contributed by atoms with Gasteiger partial charge >= 0.3 is 0 Å². The molecule has 19 heavy (non-hydrogen) atoms. The average Bonchev–Trinajstić information content (AvgIpc) is 2.39. The first-order valence-electron chi connectivity index (χ1n) is 6.56. The Morgan fingerprint density at radius 2 is 1.79 bits per heavy atom. The fraction of sp³-hybridized carbons (Fsp3) is 0.500. The van der Waals surface area contributed by atoms with Gasteiger partial charge in [-0.05, 0) is 24.5 Å². The van der Waals surface area contributed by atoms with Crippen LogP contribution in [0.1, 0.15) is 37.7 Å². The van der Waals surface area contributed by atoms with Gasteiger partial charge in [-0.25, -0.2) is 0 Å². The van der Waals surface area contributed by atoms with Gasteiger partial charge in [-0.1, -0.05) is 37.5 Å². The quantitative estimate of drug-likeness (QED) is 0.862. The molecule has 1 fully saturated rings. The standard InChI is InChI=1S/C14H18O4S/c15-13(11-6-2-1-3-7-11)10-12-8-4-5-9-14(12)19(16,17)18/h4-5,8-9,11H,1-3,6-7,10H2,(H,16,17,18). The average molecular weight is 282 g/mol. The molecule has 4 nitrogen and oxygen atoms in total. The number of hydrogen-bond donors (Lipinski definition) is 1. The lowest BCUT2D eigenvalue weighted by atomic mass is 9.84. The summed E-state index contributed by atoms with van der Waals surface area (Å²) in [6, 6.07) is 6.14. The lowest BCUT2D eigenvalue weighted by Gasteiger charge is -2.20. The van der Waals surface area contributed by atoms with Crippen molar-refractivity contribution in [3.05, 3.63) is 29.8 Å². The fourth-order valence-corrected chi connectivity index (χ4v) is 3.38. The van der Waals surface area contributed by atoms with Crippen molar-refractivity contribution in [2.45, 2.75) is 43.4 Å². The number of Topliss-reactive ketones (excluding diaryl/α,β-unsaturated/α-hetero) is 1. The maximum absolute atomic E-state index is 12.2. The minimum Gasteiger partial charge on any atom is -0.299 e. The Hall–Kier alpha value is -1.20. The third-order valence-electron chi connectivity index (χ3n) is 3.68. The van der Waals surface area contributed by atoms with Crippen molar-refractivity contribution >= 4 is 15.9 Å². The minimum atomic E-state index is -4.26. The van der Waals surface area contributed by atoms with Crippen LogP contribution in [0.2, 0.25) is 0 Å². The number of rotatable bonds is 4. The molecule has 0 radical (unpaired) electrons. The van der Waals surface area contributed by atoms with Crippen molar-refractivity contribution in [3.8, 4) is 0 Å². The van der Waals surface area contributed by atoms with Crippen molar-refractivity contribution in [2.75, 3.05) is 0 Å². The van der Waals surface area contributed by atoms with Crippen LogP contribution in [0.3, 0.4) is 0 Å². The van der Waals surface area contributed by atoms with Crippen molar-refractivity contribution < 1.29 is 17.8 Å². The second-order valence-corrected chi connectivity index (χ2v) is 6.45. The maximum atomic E-state index is 12.2. The molecule has 0 atom stereocenters. The molecule has 0 spiro atoms. The van der Waals surface area contributed by atoms with E-state index in [1.165, 1.54) is 18.6 Å². The highest BCUT2D eigenvalue weighted by Crippen LogP contribution is 2.26. The molecule has 0 unspecified atom stereocenters. The van der Waals surface area contributed by atoms with E-state index in [0.717, 1.165) is 25.7 Å². The summed E-state index contributed by atoms with van der Waals surface area (Å²) >= 11 is 0. The zero-order chi connectivity index (χ0) is 13.9. The summed E-state index contributed by atoms with van der Waals surface area (Å²) in [6.07, 6.45) is 5.18. The Balaban J connectivity index is 2.17. The van der Waals surface area contributed by atoms with Crippen molar-refractivity contribution in [1.82, 2.24) is 0 Å². The summed E-state index contributed by atoms with van der Waals surface area (Å²) in [6.45, 7) is 0. The summed E-state index contributed by atoms with van der Waals surface area (Å²) < 4.78 is 31.7. The maximum Gasteiger partial charge on any atom is 0.294 e. The van der Waals surface area contributed by atoms with Crippen LogP contribution in [0.15, 0.2) is 29.2 Å². The molecule has 0 amide bonds. The Labute approximate surface area is 113 Å². The highest BCUT2D eigenvalue weighted by molar-refractivity contribution is 7.85. The van der Waals surface area contributed by atoms with Gasteiger partial charge in [0.1, 0.15) is 5.78 Å². The number of carbonyl (C=O) groups is 1. The Kier molecular flexibility index (Phi) is 4.37. The summed E-state index contributed by atoms with van der Waals surface area (Å²) in [5.41, 5.74) is 0.389. The van der Waals surface area contributed by atoms with Crippen LogP contribution >= 0.6 is 0 Å². The number of ketones is 1. The zero-order valence-electron chi connectivity index (χ0n) is 10.7. The molecule has 1 aromatic carbocycles. The molecule has 1 aromatic rings. The number of hydrogen-bond acceptors (Lipinski definition) is 3. The van der Waals surface area contributed by atoms with Crippen LogP contribution in [0.4, 0.5) is 0 Å². The zero-order valence-corrected chi connectivity index (χ0v) is 11.5. The van der Waals surface area contributed by atoms with E-state index in [1.54, 1.807) is 12.1 Å². The molecule has 0 saturated heterocycles. The molecule has 1 aliphatic carbocycles. The van der Waals surface area contributed by atoms with E-state index in [-0.39, 0.29) is 23.0 Å². The van der Waals surface area contributed by atoms with Crippen molar-refractivity contribution in [1.29, 1.82) is 0 Å². The lowest BCUT2D eigenvalue weighted by Crippen LogP contribution is -2.20. The summed E-state index contributed by atoms with van der Waals surface area (Å²) in [7, 11) is -4.26. The van der Waals surface area contributed by atoms with Gasteiger partial charge in [0.05, 0.1) is 4.90 Å². The SMILES string of the molecule is O=C(Cc1ccccc1S(=O)(=O)O)C1CCCCC1. The molecule has 104 valence electrons. The number of benzene rings is 1. The molecule has 5 heteroatoms. The molecule has 1 N–H and O–H groups in total. The first kappa shape index (κ1) is 14.2. The predicted molar refractivity (Wildman–Crippen MR) is 71.5 cm³/mol. The van der Waals surface area contributed by atoms with Crippen LogP contribution in [0.25, 0.3) is 0 Å². The third-order valence-corrected chi connectivity index (χ3v) is 4.63. The van der Waals surface area contributed by atoms with Crippen LogP contribution in [-0.2, 0) is 21.3 Å². The van der Waals surface area contributed by atoms with E-state index in [9.17, 15) is 13.2 Å². The summed E-state index contributed by atoms with van der Waals surface area (Å²) in [4.78, 5) is 12.0. The van der Waals surface area contributed by atoms with Crippen LogP contribution < -0.4 is 0 Å². The van der Waals surface area contributed by atoms with Crippen LogP contribution in [0, 0.1) is 5.92 Å². The summed E-state index contributed by atoms with van der Waals surface area (Å²) in [5, 5.41) is 0. The Bertz CT molecular complexity index is 557. The Morgan fingerprint density at radius 3 is 2.42 bits per heavy atom. The van der Waals surface area contributed by atoms with Gasteiger partial charge < -0.3 is 0 Å². The van der Waals surface area contributed by atoms with Gasteiger partial charge in [-0.3, -0.25) is 9.35 Å². The van der Waals surface area contributed by atoms with Crippen molar-refractivity contribution in [2.24, 2.45) is 5.92 Å². The molecular weight excluding hydrogens is 264 g/mol. The van der Waals surface area contributed by atoms with Gasteiger partial charge in [0.15, 0.2) is 0 Å². The van der Waals surface area contributed by atoms with E-state index < -0.39 is 10.1 Å². The second kappa shape index (κ2) is 5.84. The largest absolute Gasteiger partial charge is 0.299 e. The predicted octanol–water partition coefficient (Wildman–Crippen LogP) is 2.63. The van der Waals surface area contributed by atoms with E-state index >= 15 is 0 Å². The first-order chi connectivity index (χ1) is 8.98. The minimum absolute atomic E-state index is 0.0446. The smallest absolute Gasteiger partial charge is 0.294 e. The molecule has 0 heterocycles.